The van der Waals surface area contributed by atoms with Crippen LogP contribution in [-0.2, 0) is 16.0 Å². The molecule has 0 heterocycles. The Balaban J connectivity index is 2.62. The Morgan fingerprint density at radius 3 is 2.42 bits per heavy atom. The maximum atomic E-state index is 11.3. The van der Waals surface area contributed by atoms with E-state index in [1.807, 2.05) is 7.05 Å². The second kappa shape index (κ2) is 7.95. The highest BCUT2D eigenvalue weighted by Gasteiger charge is 2.13. The number of carbonyl (C=O) groups excluding carboxylic acids is 1. The number of hydrogen-bond acceptors (Lipinski definition) is 3. The molecule has 2 atom stereocenters. The molecule has 0 spiro atoms. The van der Waals surface area contributed by atoms with Crippen molar-refractivity contribution in [1.82, 2.24) is 5.32 Å². The molecule has 19 heavy (non-hydrogen) atoms. The first-order valence-electron chi connectivity index (χ1n) is 6.93. The van der Waals surface area contributed by atoms with Crippen LogP contribution in [0.2, 0.25) is 0 Å². The van der Waals surface area contributed by atoms with Crippen LogP contribution in [0.25, 0.3) is 0 Å². The molecule has 2 unspecified atom stereocenters. The summed E-state index contributed by atoms with van der Waals surface area (Å²) >= 11 is 0. The zero-order valence-corrected chi connectivity index (χ0v) is 12.4. The smallest absolute Gasteiger partial charge is 0.307 e. The molecule has 0 amide bonds. The molecular weight excluding hydrogens is 238 g/mol. The SMILES string of the molecule is CCC(C)c1ccc(CC(CC(=O)OC)NC)cc1. The van der Waals surface area contributed by atoms with E-state index in [0.29, 0.717) is 12.3 Å². The Morgan fingerprint density at radius 2 is 1.95 bits per heavy atom. The Bertz CT molecular complexity index is 386. The van der Waals surface area contributed by atoms with Gasteiger partial charge in [0.25, 0.3) is 0 Å². The number of likely N-dealkylation sites (N-methyl/N-ethyl adjacent to an activating group) is 1. The molecule has 1 aromatic carbocycles. The van der Waals surface area contributed by atoms with Gasteiger partial charge in [-0.25, -0.2) is 0 Å². The average molecular weight is 263 g/mol. The van der Waals surface area contributed by atoms with Gasteiger partial charge in [0.15, 0.2) is 0 Å². The van der Waals surface area contributed by atoms with Gasteiger partial charge < -0.3 is 10.1 Å². The van der Waals surface area contributed by atoms with Gasteiger partial charge in [-0.2, -0.15) is 0 Å². The van der Waals surface area contributed by atoms with E-state index in [-0.39, 0.29) is 12.0 Å². The zero-order valence-electron chi connectivity index (χ0n) is 12.4. The van der Waals surface area contributed by atoms with Crippen LogP contribution in [0.3, 0.4) is 0 Å². The summed E-state index contributed by atoms with van der Waals surface area (Å²) in [5, 5.41) is 3.16. The van der Waals surface area contributed by atoms with E-state index >= 15 is 0 Å². The van der Waals surface area contributed by atoms with E-state index in [1.165, 1.54) is 18.2 Å². The molecule has 1 rings (SSSR count). The van der Waals surface area contributed by atoms with Crippen molar-refractivity contribution >= 4 is 5.97 Å². The lowest BCUT2D eigenvalue weighted by molar-refractivity contribution is -0.141. The quantitative estimate of drug-likeness (QED) is 0.769. The highest BCUT2D eigenvalue weighted by Crippen LogP contribution is 2.19. The van der Waals surface area contributed by atoms with Crippen molar-refractivity contribution in [2.75, 3.05) is 14.2 Å². The standard InChI is InChI=1S/C16H25NO2/c1-5-12(2)14-8-6-13(7-9-14)10-15(17-3)11-16(18)19-4/h6-9,12,15,17H,5,10-11H2,1-4H3. The van der Waals surface area contributed by atoms with Gasteiger partial charge in [0, 0.05) is 6.04 Å². The lowest BCUT2D eigenvalue weighted by Gasteiger charge is -2.16. The fourth-order valence-electron chi connectivity index (χ4n) is 2.06. The van der Waals surface area contributed by atoms with Crippen molar-refractivity contribution < 1.29 is 9.53 Å². The molecule has 0 bridgehead atoms. The minimum absolute atomic E-state index is 0.127. The number of benzene rings is 1. The average Bonchev–Trinajstić information content (AvgIpc) is 2.46. The van der Waals surface area contributed by atoms with Crippen LogP contribution in [0.1, 0.15) is 43.7 Å². The number of ether oxygens (including phenoxy) is 1. The topological polar surface area (TPSA) is 38.3 Å². The summed E-state index contributed by atoms with van der Waals surface area (Å²) in [6.07, 6.45) is 2.40. The van der Waals surface area contributed by atoms with Gasteiger partial charge in [0.2, 0.25) is 0 Å². The number of esters is 1. The van der Waals surface area contributed by atoms with Gasteiger partial charge in [-0.05, 0) is 36.9 Å². The molecule has 0 aromatic heterocycles. The van der Waals surface area contributed by atoms with E-state index in [1.54, 1.807) is 0 Å². The molecule has 0 saturated heterocycles. The Hall–Kier alpha value is -1.35. The van der Waals surface area contributed by atoms with Crippen LogP contribution in [0.4, 0.5) is 0 Å². The summed E-state index contributed by atoms with van der Waals surface area (Å²) in [4.78, 5) is 11.3. The fourth-order valence-corrected chi connectivity index (χ4v) is 2.06. The van der Waals surface area contributed by atoms with Crippen LogP contribution < -0.4 is 5.32 Å². The summed E-state index contributed by atoms with van der Waals surface area (Å²) < 4.78 is 4.71. The van der Waals surface area contributed by atoms with E-state index in [0.717, 1.165) is 12.8 Å². The fraction of sp³-hybridized carbons (Fsp3) is 0.562. The van der Waals surface area contributed by atoms with Crippen LogP contribution >= 0.6 is 0 Å². The van der Waals surface area contributed by atoms with Crippen molar-refractivity contribution in [2.24, 2.45) is 0 Å². The molecule has 3 heteroatoms. The summed E-state index contributed by atoms with van der Waals surface area (Å²) in [5.41, 5.74) is 2.62. The predicted molar refractivity (Wildman–Crippen MR) is 78.3 cm³/mol. The Labute approximate surface area is 116 Å². The predicted octanol–water partition coefficient (Wildman–Crippen LogP) is 2.89. The van der Waals surface area contributed by atoms with Gasteiger partial charge in [-0.1, -0.05) is 38.1 Å². The third-order valence-electron chi connectivity index (χ3n) is 3.69. The number of hydrogen-bond donors (Lipinski definition) is 1. The summed E-state index contributed by atoms with van der Waals surface area (Å²) in [6, 6.07) is 8.82. The van der Waals surface area contributed by atoms with Gasteiger partial charge in [0.05, 0.1) is 13.5 Å². The van der Waals surface area contributed by atoms with Crippen LogP contribution in [0, 0.1) is 0 Å². The minimum Gasteiger partial charge on any atom is -0.469 e. The van der Waals surface area contributed by atoms with Crippen molar-refractivity contribution in [3.8, 4) is 0 Å². The maximum absolute atomic E-state index is 11.3. The molecule has 0 aliphatic heterocycles. The number of rotatable bonds is 7. The Kier molecular flexibility index (Phi) is 6.57. The number of methoxy groups -OCH3 is 1. The maximum Gasteiger partial charge on any atom is 0.307 e. The summed E-state index contributed by atoms with van der Waals surface area (Å²) in [7, 11) is 3.30. The third-order valence-corrected chi connectivity index (χ3v) is 3.69. The van der Waals surface area contributed by atoms with Crippen molar-refractivity contribution in [1.29, 1.82) is 0 Å². The summed E-state index contributed by atoms with van der Waals surface area (Å²) in [5.74, 6) is 0.430. The van der Waals surface area contributed by atoms with Gasteiger partial charge in [0.1, 0.15) is 0 Å². The molecule has 3 nitrogen and oxygen atoms in total. The molecule has 0 aliphatic carbocycles. The first-order valence-corrected chi connectivity index (χ1v) is 6.93. The van der Waals surface area contributed by atoms with Crippen LogP contribution in [0.15, 0.2) is 24.3 Å². The lowest BCUT2D eigenvalue weighted by Crippen LogP contribution is -2.30. The molecular formula is C16H25NO2. The Morgan fingerprint density at radius 1 is 1.32 bits per heavy atom. The third kappa shape index (κ3) is 5.03. The second-order valence-corrected chi connectivity index (χ2v) is 5.02. The number of nitrogens with one attached hydrogen (secondary N) is 1. The van der Waals surface area contributed by atoms with Crippen molar-refractivity contribution in [2.45, 2.75) is 45.1 Å². The monoisotopic (exact) mass is 263 g/mol. The van der Waals surface area contributed by atoms with Crippen LogP contribution in [-0.4, -0.2) is 26.2 Å². The van der Waals surface area contributed by atoms with E-state index in [2.05, 4.69) is 43.4 Å². The molecule has 1 N–H and O–H groups in total. The molecule has 106 valence electrons. The molecule has 1 aromatic rings. The highest BCUT2D eigenvalue weighted by molar-refractivity contribution is 5.69. The minimum atomic E-state index is -0.171. The van der Waals surface area contributed by atoms with Gasteiger partial charge >= 0.3 is 5.97 Å². The van der Waals surface area contributed by atoms with Crippen molar-refractivity contribution in [3.05, 3.63) is 35.4 Å². The van der Waals surface area contributed by atoms with Gasteiger partial charge in [-0.15, -0.1) is 0 Å². The normalized spacial score (nSPS) is 13.9. The van der Waals surface area contributed by atoms with E-state index in [4.69, 9.17) is 4.74 Å². The van der Waals surface area contributed by atoms with E-state index in [9.17, 15) is 4.79 Å². The van der Waals surface area contributed by atoms with Gasteiger partial charge in [-0.3, -0.25) is 4.79 Å². The second-order valence-electron chi connectivity index (χ2n) is 5.02. The lowest BCUT2D eigenvalue weighted by atomic mass is 9.95. The summed E-state index contributed by atoms with van der Waals surface area (Å²) in [6.45, 7) is 4.44. The molecule has 0 saturated carbocycles. The largest absolute Gasteiger partial charge is 0.469 e. The van der Waals surface area contributed by atoms with E-state index < -0.39 is 0 Å². The van der Waals surface area contributed by atoms with Crippen LogP contribution in [0.5, 0.6) is 0 Å². The molecule has 0 fully saturated rings. The van der Waals surface area contributed by atoms with Crippen molar-refractivity contribution in [3.63, 3.8) is 0 Å². The zero-order chi connectivity index (χ0) is 14.3. The molecule has 0 radical (unpaired) electrons. The first-order chi connectivity index (χ1) is 9.10. The molecule has 0 aliphatic rings. The first kappa shape index (κ1) is 15.7. The highest BCUT2D eigenvalue weighted by atomic mass is 16.5. The number of carbonyl (C=O) groups is 1.